The molecule has 1 atom stereocenters. The van der Waals surface area contributed by atoms with Gasteiger partial charge in [0.1, 0.15) is 17.8 Å². The van der Waals surface area contributed by atoms with E-state index in [-0.39, 0.29) is 12.8 Å². The van der Waals surface area contributed by atoms with Gasteiger partial charge in [-0.2, -0.15) is 4.98 Å². The topological polar surface area (TPSA) is 98.2 Å². The molecule has 8 heteroatoms. The summed E-state index contributed by atoms with van der Waals surface area (Å²) in [6, 6.07) is 6.24. The van der Waals surface area contributed by atoms with Crippen molar-refractivity contribution in [2.45, 2.75) is 44.5 Å². The summed E-state index contributed by atoms with van der Waals surface area (Å²) in [6.45, 7) is 2.50. The molecule has 0 radical (unpaired) electrons. The van der Waals surface area contributed by atoms with Crippen LogP contribution in [0, 0.1) is 0 Å². The van der Waals surface area contributed by atoms with E-state index >= 15 is 0 Å². The van der Waals surface area contributed by atoms with Gasteiger partial charge in [0.05, 0.1) is 6.61 Å². The maximum absolute atomic E-state index is 9.72. The molecule has 1 aliphatic heterocycles. The van der Waals surface area contributed by atoms with Gasteiger partial charge in [-0.05, 0) is 25.0 Å². The third-order valence-electron chi connectivity index (χ3n) is 5.16. The van der Waals surface area contributed by atoms with Gasteiger partial charge in [-0.1, -0.05) is 18.9 Å². The van der Waals surface area contributed by atoms with E-state index < -0.39 is 0 Å². The van der Waals surface area contributed by atoms with Crippen molar-refractivity contribution in [2.75, 3.05) is 29.9 Å². The lowest BCUT2D eigenvalue weighted by atomic mass is 10.2. The smallest absolute Gasteiger partial charge is 0.234 e. The first-order chi connectivity index (χ1) is 13.3. The van der Waals surface area contributed by atoms with Gasteiger partial charge in [-0.3, -0.25) is 10.2 Å². The van der Waals surface area contributed by atoms with Gasteiger partial charge in [0.25, 0.3) is 0 Å². The molecule has 0 amide bonds. The Morgan fingerprint density at radius 3 is 2.78 bits per heavy atom. The van der Waals surface area contributed by atoms with E-state index in [1.165, 1.54) is 12.8 Å². The standard InChI is InChI=1S/C19H27N7O/c27-13-14-11-23-19(25-18(14)24-15-5-1-2-6-15)26(16-7-3-4-8-21-16)17-12-20-9-10-22-17/h3-4,7-8,11,15,17,20,22,27H,1-2,5-6,9-10,12-13H2,(H,23,24,25). The van der Waals surface area contributed by atoms with Crippen LogP contribution in [0.3, 0.4) is 0 Å². The molecule has 2 aromatic heterocycles. The molecule has 4 N–H and O–H groups in total. The van der Waals surface area contributed by atoms with Crippen molar-refractivity contribution < 1.29 is 5.11 Å². The van der Waals surface area contributed by atoms with E-state index in [0.29, 0.717) is 12.0 Å². The lowest BCUT2D eigenvalue weighted by molar-refractivity contribution is 0.281. The van der Waals surface area contributed by atoms with Crippen LogP contribution in [0.2, 0.25) is 0 Å². The number of aromatic nitrogens is 3. The lowest BCUT2D eigenvalue weighted by Crippen LogP contribution is -2.56. The molecule has 3 heterocycles. The van der Waals surface area contributed by atoms with Crippen molar-refractivity contribution >= 4 is 17.6 Å². The van der Waals surface area contributed by atoms with Crippen LogP contribution in [0.5, 0.6) is 0 Å². The SMILES string of the molecule is OCc1cnc(N(c2ccccn2)C2CNCCN2)nc1NC1CCCC1. The second-order valence-electron chi connectivity index (χ2n) is 7.06. The first-order valence-electron chi connectivity index (χ1n) is 9.73. The molecular formula is C19H27N7O. The predicted molar refractivity (Wildman–Crippen MR) is 105 cm³/mol. The van der Waals surface area contributed by atoms with Gasteiger partial charge in [-0.25, -0.2) is 9.97 Å². The summed E-state index contributed by atoms with van der Waals surface area (Å²) in [5, 5.41) is 20.2. The number of nitrogens with one attached hydrogen (secondary N) is 3. The molecule has 1 aliphatic carbocycles. The summed E-state index contributed by atoms with van der Waals surface area (Å²) >= 11 is 0. The molecule has 27 heavy (non-hydrogen) atoms. The van der Waals surface area contributed by atoms with Crippen LogP contribution in [0.4, 0.5) is 17.6 Å². The highest BCUT2D eigenvalue weighted by Gasteiger charge is 2.26. The summed E-state index contributed by atoms with van der Waals surface area (Å²) < 4.78 is 0. The number of anilines is 3. The number of piperazine rings is 1. The number of aliphatic hydroxyl groups excluding tert-OH is 1. The fraction of sp³-hybridized carbons (Fsp3) is 0.526. The molecule has 2 aliphatic rings. The summed E-state index contributed by atoms with van der Waals surface area (Å²) in [6.07, 6.45) is 8.26. The number of hydrogen-bond acceptors (Lipinski definition) is 8. The van der Waals surface area contributed by atoms with E-state index in [0.717, 1.165) is 49.7 Å². The summed E-state index contributed by atoms with van der Waals surface area (Å²) in [7, 11) is 0. The minimum absolute atomic E-state index is 0.00737. The molecule has 1 saturated carbocycles. The van der Waals surface area contributed by atoms with Crippen LogP contribution in [0.1, 0.15) is 31.2 Å². The Kier molecular flexibility index (Phi) is 5.76. The lowest BCUT2D eigenvalue weighted by Gasteiger charge is -2.35. The van der Waals surface area contributed by atoms with Crippen LogP contribution in [-0.2, 0) is 6.61 Å². The quantitative estimate of drug-likeness (QED) is 0.606. The first-order valence-corrected chi connectivity index (χ1v) is 9.73. The predicted octanol–water partition coefficient (Wildman–Crippen LogP) is 1.38. The van der Waals surface area contributed by atoms with Crippen molar-refractivity contribution in [3.05, 3.63) is 36.2 Å². The van der Waals surface area contributed by atoms with Crippen molar-refractivity contribution in [1.82, 2.24) is 25.6 Å². The monoisotopic (exact) mass is 369 g/mol. The highest BCUT2D eigenvalue weighted by Crippen LogP contribution is 2.27. The van der Waals surface area contributed by atoms with Crippen LogP contribution in [-0.4, -0.2) is 51.9 Å². The third-order valence-corrected chi connectivity index (χ3v) is 5.16. The fourth-order valence-corrected chi connectivity index (χ4v) is 3.74. The Morgan fingerprint density at radius 1 is 1.19 bits per heavy atom. The number of rotatable bonds is 6. The Balaban J connectivity index is 1.68. The Labute approximate surface area is 159 Å². The zero-order valence-electron chi connectivity index (χ0n) is 15.4. The van der Waals surface area contributed by atoms with Crippen molar-refractivity contribution in [2.24, 2.45) is 0 Å². The maximum Gasteiger partial charge on any atom is 0.234 e. The minimum atomic E-state index is -0.0812. The minimum Gasteiger partial charge on any atom is -0.391 e. The van der Waals surface area contributed by atoms with Gasteiger partial charge in [0.2, 0.25) is 5.95 Å². The van der Waals surface area contributed by atoms with E-state index in [1.54, 1.807) is 12.4 Å². The second kappa shape index (κ2) is 8.60. The molecule has 1 saturated heterocycles. The second-order valence-corrected chi connectivity index (χ2v) is 7.06. The van der Waals surface area contributed by atoms with Crippen molar-refractivity contribution in [3.63, 3.8) is 0 Å². The van der Waals surface area contributed by atoms with E-state index in [9.17, 15) is 5.11 Å². The molecule has 8 nitrogen and oxygen atoms in total. The molecular weight excluding hydrogens is 342 g/mol. The van der Waals surface area contributed by atoms with Gasteiger partial charge in [0, 0.05) is 43.6 Å². The van der Waals surface area contributed by atoms with Crippen LogP contribution < -0.4 is 20.9 Å². The van der Waals surface area contributed by atoms with Gasteiger partial charge < -0.3 is 15.7 Å². The fourth-order valence-electron chi connectivity index (χ4n) is 3.74. The van der Waals surface area contributed by atoms with Gasteiger partial charge >= 0.3 is 0 Å². The van der Waals surface area contributed by atoms with E-state index in [2.05, 4.69) is 25.9 Å². The summed E-state index contributed by atoms with van der Waals surface area (Å²) in [5.74, 6) is 2.09. The zero-order valence-corrected chi connectivity index (χ0v) is 15.4. The van der Waals surface area contributed by atoms with Crippen LogP contribution in [0.15, 0.2) is 30.6 Å². The number of nitrogens with zero attached hydrogens (tertiary/aromatic N) is 4. The normalized spacial score (nSPS) is 20.6. The van der Waals surface area contributed by atoms with Gasteiger partial charge in [0.15, 0.2) is 0 Å². The molecule has 2 aromatic rings. The molecule has 4 rings (SSSR count). The largest absolute Gasteiger partial charge is 0.391 e. The van der Waals surface area contributed by atoms with E-state index in [4.69, 9.17) is 4.98 Å². The van der Waals surface area contributed by atoms with Crippen molar-refractivity contribution in [1.29, 1.82) is 0 Å². The number of pyridine rings is 1. The van der Waals surface area contributed by atoms with Gasteiger partial charge in [-0.15, -0.1) is 0 Å². The maximum atomic E-state index is 9.72. The highest BCUT2D eigenvalue weighted by atomic mass is 16.3. The van der Waals surface area contributed by atoms with Crippen molar-refractivity contribution in [3.8, 4) is 0 Å². The number of aliphatic hydroxyl groups is 1. The number of hydrogen-bond donors (Lipinski definition) is 4. The molecule has 0 spiro atoms. The zero-order chi connectivity index (χ0) is 18.5. The van der Waals surface area contributed by atoms with Crippen LogP contribution in [0.25, 0.3) is 0 Å². The average Bonchev–Trinajstić information content (AvgIpc) is 3.23. The molecule has 2 fully saturated rings. The molecule has 0 aromatic carbocycles. The first kappa shape index (κ1) is 18.1. The summed E-state index contributed by atoms with van der Waals surface area (Å²) in [5.41, 5.74) is 0.723. The Morgan fingerprint density at radius 2 is 2.07 bits per heavy atom. The Hall–Kier alpha value is -2.29. The third kappa shape index (κ3) is 4.18. The summed E-state index contributed by atoms with van der Waals surface area (Å²) in [4.78, 5) is 15.9. The average molecular weight is 369 g/mol. The van der Waals surface area contributed by atoms with E-state index in [1.807, 2.05) is 23.1 Å². The Bertz CT molecular complexity index is 730. The molecule has 144 valence electrons. The highest BCUT2D eigenvalue weighted by molar-refractivity contribution is 5.57. The molecule has 0 bridgehead atoms. The molecule has 1 unspecified atom stereocenters. The van der Waals surface area contributed by atoms with Crippen LogP contribution >= 0.6 is 0 Å².